The van der Waals surface area contributed by atoms with Crippen LogP contribution in [0.25, 0.3) is 0 Å². The minimum absolute atomic E-state index is 0.125. The maximum Gasteiger partial charge on any atom is 0.254 e. The van der Waals surface area contributed by atoms with Crippen molar-refractivity contribution in [3.63, 3.8) is 0 Å². The van der Waals surface area contributed by atoms with Crippen LogP contribution in [0, 0.1) is 6.92 Å². The third kappa shape index (κ3) is 2.22. The van der Waals surface area contributed by atoms with E-state index in [4.69, 9.17) is 5.73 Å². The van der Waals surface area contributed by atoms with E-state index in [9.17, 15) is 4.79 Å². The zero-order valence-corrected chi connectivity index (χ0v) is 11.4. The van der Waals surface area contributed by atoms with Gasteiger partial charge in [0.15, 0.2) is 0 Å². The minimum atomic E-state index is 0.125. The smallest absolute Gasteiger partial charge is 0.254 e. The van der Waals surface area contributed by atoms with Crippen LogP contribution >= 0.6 is 0 Å². The highest BCUT2D eigenvalue weighted by Crippen LogP contribution is 2.26. The standard InChI is InChI=1S/C15H22N2O/c1-10-6-4-7-11(2)17(10)15(18)13-8-5-9-14(16)12(13)3/h5,8-11H,4,6-7,16H2,1-3H3/t10-,11-/m1/s1. The number of benzene rings is 1. The number of carbonyl (C=O) groups is 1. The van der Waals surface area contributed by atoms with E-state index in [0.29, 0.717) is 17.8 Å². The van der Waals surface area contributed by atoms with E-state index >= 15 is 0 Å². The van der Waals surface area contributed by atoms with Crippen molar-refractivity contribution < 1.29 is 4.79 Å². The quantitative estimate of drug-likeness (QED) is 0.774. The summed E-state index contributed by atoms with van der Waals surface area (Å²) in [6.07, 6.45) is 3.40. The van der Waals surface area contributed by atoms with Gasteiger partial charge in [0.25, 0.3) is 5.91 Å². The normalized spacial score (nSPS) is 24.1. The lowest BCUT2D eigenvalue weighted by Gasteiger charge is -2.39. The minimum Gasteiger partial charge on any atom is -0.398 e. The lowest BCUT2D eigenvalue weighted by Crippen LogP contribution is -2.47. The molecule has 1 aliphatic rings. The van der Waals surface area contributed by atoms with Crippen LogP contribution in [0.2, 0.25) is 0 Å². The molecule has 1 saturated heterocycles. The predicted octanol–water partition coefficient (Wildman–Crippen LogP) is 2.98. The Kier molecular flexibility index (Phi) is 3.60. The van der Waals surface area contributed by atoms with Crippen molar-refractivity contribution in [3.05, 3.63) is 29.3 Å². The van der Waals surface area contributed by atoms with Gasteiger partial charge in [0, 0.05) is 23.3 Å². The van der Waals surface area contributed by atoms with Gasteiger partial charge in [-0.2, -0.15) is 0 Å². The Morgan fingerprint density at radius 1 is 1.28 bits per heavy atom. The molecule has 2 N–H and O–H groups in total. The highest BCUT2D eigenvalue weighted by molar-refractivity contribution is 5.97. The molecule has 1 aromatic rings. The summed E-state index contributed by atoms with van der Waals surface area (Å²) >= 11 is 0. The second-order valence-corrected chi connectivity index (χ2v) is 5.36. The Balaban J connectivity index is 2.32. The molecule has 1 fully saturated rings. The Morgan fingerprint density at radius 3 is 2.50 bits per heavy atom. The first-order valence-electron chi connectivity index (χ1n) is 6.70. The molecule has 0 spiro atoms. The topological polar surface area (TPSA) is 46.3 Å². The van der Waals surface area contributed by atoms with E-state index in [-0.39, 0.29) is 5.91 Å². The second-order valence-electron chi connectivity index (χ2n) is 5.36. The molecule has 3 nitrogen and oxygen atoms in total. The van der Waals surface area contributed by atoms with Crippen molar-refractivity contribution >= 4 is 11.6 Å². The fraction of sp³-hybridized carbons (Fsp3) is 0.533. The molecule has 1 heterocycles. The molecule has 1 aliphatic heterocycles. The summed E-state index contributed by atoms with van der Waals surface area (Å²) in [5.74, 6) is 0.125. The Morgan fingerprint density at radius 2 is 1.89 bits per heavy atom. The van der Waals surface area contributed by atoms with E-state index in [2.05, 4.69) is 13.8 Å². The van der Waals surface area contributed by atoms with Crippen LogP contribution in [0.4, 0.5) is 5.69 Å². The van der Waals surface area contributed by atoms with Crippen LogP contribution in [-0.2, 0) is 0 Å². The van der Waals surface area contributed by atoms with Crippen molar-refractivity contribution in [2.24, 2.45) is 0 Å². The number of nitrogens with zero attached hydrogens (tertiary/aromatic N) is 1. The zero-order chi connectivity index (χ0) is 13.3. The monoisotopic (exact) mass is 246 g/mol. The van der Waals surface area contributed by atoms with Crippen LogP contribution in [0.15, 0.2) is 18.2 Å². The molecule has 1 aromatic carbocycles. The number of anilines is 1. The number of carbonyl (C=O) groups excluding carboxylic acids is 1. The zero-order valence-electron chi connectivity index (χ0n) is 11.4. The van der Waals surface area contributed by atoms with Crippen molar-refractivity contribution in [2.45, 2.75) is 52.1 Å². The van der Waals surface area contributed by atoms with E-state index in [0.717, 1.165) is 24.0 Å². The molecule has 2 rings (SSSR count). The first kappa shape index (κ1) is 12.9. The maximum absolute atomic E-state index is 12.7. The fourth-order valence-corrected chi connectivity index (χ4v) is 2.85. The number of nitrogen functional groups attached to an aromatic ring is 1. The molecule has 18 heavy (non-hydrogen) atoms. The number of nitrogens with two attached hydrogens (primary N) is 1. The molecule has 0 aliphatic carbocycles. The van der Waals surface area contributed by atoms with Crippen LogP contribution in [0.1, 0.15) is 49.0 Å². The predicted molar refractivity (Wildman–Crippen MR) is 74.5 cm³/mol. The molecule has 0 radical (unpaired) electrons. The molecule has 0 aromatic heterocycles. The van der Waals surface area contributed by atoms with Gasteiger partial charge in [0.05, 0.1) is 0 Å². The molecule has 98 valence electrons. The second kappa shape index (κ2) is 5.01. The van der Waals surface area contributed by atoms with E-state index < -0.39 is 0 Å². The van der Waals surface area contributed by atoms with Crippen molar-refractivity contribution in [1.82, 2.24) is 4.90 Å². The van der Waals surface area contributed by atoms with Gasteiger partial charge < -0.3 is 10.6 Å². The molecule has 1 amide bonds. The third-order valence-corrected chi connectivity index (χ3v) is 4.03. The van der Waals surface area contributed by atoms with E-state index in [1.54, 1.807) is 0 Å². The first-order valence-corrected chi connectivity index (χ1v) is 6.70. The van der Waals surface area contributed by atoms with Crippen LogP contribution < -0.4 is 5.73 Å². The summed E-state index contributed by atoms with van der Waals surface area (Å²) in [4.78, 5) is 14.7. The highest BCUT2D eigenvalue weighted by Gasteiger charge is 2.30. The number of rotatable bonds is 1. The van der Waals surface area contributed by atoms with Crippen LogP contribution in [-0.4, -0.2) is 22.9 Å². The van der Waals surface area contributed by atoms with E-state index in [1.807, 2.05) is 30.0 Å². The average Bonchev–Trinajstić information content (AvgIpc) is 2.32. The number of hydrogen-bond acceptors (Lipinski definition) is 2. The number of likely N-dealkylation sites (tertiary alicyclic amines) is 1. The molecule has 0 bridgehead atoms. The van der Waals surface area contributed by atoms with Gasteiger partial charge in [-0.1, -0.05) is 6.07 Å². The summed E-state index contributed by atoms with van der Waals surface area (Å²) in [5.41, 5.74) is 8.22. The summed E-state index contributed by atoms with van der Waals surface area (Å²) in [7, 11) is 0. The number of piperidine rings is 1. The highest BCUT2D eigenvalue weighted by atomic mass is 16.2. The molecule has 0 unspecified atom stereocenters. The molecular formula is C15H22N2O. The van der Waals surface area contributed by atoms with Gasteiger partial charge in [-0.05, 0) is 57.7 Å². The van der Waals surface area contributed by atoms with E-state index in [1.165, 1.54) is 6.42 Å². The van der Waals surface area contributed by atoms with Crippen LogP contribution in [0.3, 0.4) is 0 Å². The molecule has 0 saturated carbocycles. The SMILES string of the molecule is Cc1c(N)cccc1C(=O)N1[C@H](C)CCC[C@H]1C. The van der Waals surface area contributed by atoms with Gasteiger partial charge in [0.2, 0.25) is 0 Å². The van der Waals surface area contributed by atoms with Gasteiger partial charge in [-0.3, -0.25) is 4.79 Å². The number of amides is 1. The average molecular weight is 246 g/mol. The molecular weight excluding hydrogens is 224 g/mol. The lowest BCUT2D eigenvalue weighted by molar-refractivity contribution is 0.0510. The van der Waals surface area contributed by atoms with Gasteiger partial charge in [-0.15, -0.1) is 0 Å². The third-order valence-electron chi connectivity index (χ3n) is 4.03. The van der Waals surface area contributed by atoms with Crippen molar-refractivity contribution in [2.75, 3.05) is 5.73 Å². The van der Waals surface area contributed by atoms with Gasteiger partial charge >= 0.3 is 0 Å². The van der Waals surface area contributed by atoms with Crippen molar-refractivity contribution in [3.8, 4) is 0 Å². The largest absolute Gasteiger partial charge is 0.398 e. The van der Waals surface area contributed by atoms with Gasteiger partial charge in [-0.25, -0.2) is 0 Å². The Bertz CT molecular complexity index is 446. The summed E-state index contributed by atoms with van der Waals surface area (Å²) in [6.45, 7) is 6.19. The summed E-state index contributed by atoms with van der Waals surface area (Å²) in [5, 5.41) is 0. The Hall–Kier alpha value is -1.51. The summed E-state index contributed by atoms with van der Waals surface area (Å²) < 4.78 is 0. The van der Waals surface area contributed by atoms with Crippen LogP contribution in [0.5, 0.6) is 0 Å². The molecule has 3 heteroatoms. The summed E-state index contributed by atoms with van der Waals surface area (Å²) in [6, 6.07) is 6.22. The maximum atomic E-state index is 12.7. The van der Waals surface area contributed by atoms with Gasteiger partial charge in [0.1, 0.15) is 0 Å². The molecule has 2 atom stereocenters. The number of hydrogen-bond donors (Lipinski definition) is 1. The van der Waals surface area contributed by atoms with Crippen molar-refractivity contribution in [1.29, 1.82) is 0 Å². The lowest BCUT2D eigenvalue weighted by atomic mass is 9.95. The fourth-order valence-electron chi connectivity index (χ4n) is 2.85. The first-order chi connectivity index (χ1) is 8.52. The Labute approximate surface area is 109 Å².